The van der Waals surface area contributed by atoms with Crippen molar-refractivity contribution >= 4 is 31.2 Å². The van der Waals surface area contributed by atoms with E-state index in [-0.39, 0.29) is 31.0 Å². The predicted octanol–water partition coefficient (Wildman–Crippen LogP) is -6.62. The van der Waals surface area contributed by atoms with Crippen molar-refractivity contribution in [3.63, 3.8) is 0 Å². The van der Waals surface area contributed by atoms with Gasteiger partial charge < -0.3 is 36.9 Å². The van der Waals surface area contributed by atoms with Crippen LogP contribution in [0.3, 0.4) is 0 Å². The van der Waals surface area contributed by atoms with E-state index in [4.69, 9.17) is 54.7 Å². The summed E-state index contributed by atoms with van der Waals surface area (Å²) in [4.78, 5) is 36.4. The molecule has 0 amide bonds. The largest absolute Gasteiger partial charge is 1.00 e. The van der Waals surface area contributed by atoms with Crippen LogP contribution in [-0.4, -0.2) is 66.7 Å². The summed E-state index contributed by atoms with van der Waals surface area (Å²) in [7, 11) is -2.17. The average Bonchev–Trinajstić information content (AvgIpc) is 2.03. The minimum atomic E-state index is -2.17. The molecule has 0 aliphatic heterocycles. The summed E-state index contributed by atoms with van der Waals surface area (Å²) in [6, 6.07) is 0. The number of carboxylic acid groups (broad SMARTS) is 4. The van der Waals surface area contributed by atoms with Crippen LogP contribution in [0.2, 0.25) is 0 Å². The predicted molar refractivity (Wildman–Crippen MR) is 44.1 cm³/mol. The second-order valence-electron chi connectivity index (χ2n) is 1.57. The molecule has 0 aliphatic rings. The molecule has 7 N–H and O–H groups in total. The fraction of sp³-hybridized carbons (Fsp3) is 0. The van der Waals surface area contributed by atoms with Crippen LogP contribution in [0.25, 0.3) is 0 Å². The SMILES string of the molecule is O=C(O)C(=O)O.O=C(O)C(=O)O.OB(O)O.[H-].[Na+]. The Morgan fingerprint density at radius 3 is 0.706 bits per heavy atom. The van der Waals surface area contributed by atoms with E-state index < -0.39 is 31.2 Å². The second-order valence-corrected chi connectivity index (χ2v) is 1.57. The summed E-state index contributed by atoms with van der Waals surface area (Å²) < 4.78 is 0. The Bertz CT molecular complexity index is 217. The minimum Gasteiger partial charge on any atom is -1.00 e. The number of aliphatic carboxylic acids is 4. The molecule has 94 valence electrons. The molecule has 0 saturated heterocycles. The van der Waals surface area contributed by atoms with Gasteiger partial charge in [-0.3, -0.25) is 0 Å². The fourth-order valence-electron chi connectivity index (χ4n) is 0. The molecule has 0 unspecified atom stereocenters. The van der Waals surface area contributed by atoms with Crippen molar-refractivity contribution in [2.24, 2.45) is 0 Å². The van der Waals surface area contributed by atoms with Crippen molar-refractivity contribution in [3.05, 3.63) is 0 Å². The minimum absolute atomic E-state index is 0. The Labute approximate surface area is 117 Å². The third kappa shape index (κ3) is 52.3. The molecule has 0 spiro atoms. The van der Waals surface area contributed by atoms with Crippen LogP contribution in [-0.2, 0) is 19.2 Å². The van der Waals surface area contributed by atoms with Gasteiger partial charge >= 0.3 is 60.8 Å². The van der Waals surface area contributed by atoms with E-state index in [9.17, 15) is 0 Å². The van der Waals surface area contributed by atoms with Crippen LogP contribution in [0.1, 0.15) is 1.43 Å². The molecular formula is C4H8BNaO11. The van der Waals surface area contributed by atoms with Gasteiger partial charge in [0.05, 0.1) is 0 Å². The van der Waals surface area contributed by atoms with Crippen molar-refractivity contribution in [2.45, 2.75) is 0 Å². The van der Waals surface area contributed by atoms with Crippen LogP contribution in [0, 0.1) is 0 Å². The standard InChI is InChI=1S/2C2H2O4.BH3O3.Na.H/c2*3-1(4)2(5)6;2-1(3)4;;/h2*(H,3,4)(H,5,6);2-4H;;/q;;;+1;-1. The van der Waals surface area contributed by atoms with Crippen molar-refractivity contribution in [1.82, 2.24) is 0 Å². The zero-order valence-corrected chi connectivity index (χ0v) is 10.3. The van der Waals surface area contributed by atoms with Gasteiger partial charge in [0.2, 0.25) is 0 Å². The molecule has 0 atom stereocenters. The molecule has 11 nitrogen and oxygen atoms in total. The molecule has 0 rings (SSSR count). The van der Waals surface area contributed by atoms with Crippen LogP contribution >= 0.6 is 0 Å². The van der Waals surface area contributed by atoms with E-state index >= 15 is 0 Å². The Balaban J connectivity index is -0.0000000454. The molecule has 0 fully saturated rings. The van der Waals surface area contributed by atoms with Gasteiger partial charge in [-0.15, -0.1) is 0 Å². The average molecular weight is 266 g/mol. The van der Waals surface area contributed by atoms with Crippen LogP contribution < -0.4 is 29.6 Å². The monoisotopic (exact) mass is 266 g/mol. The van der Waals surface area contributed by atoms with Crippen molar-refractivity contribution in [3.8, 4) is 0 Å². The number of carboxylic acids is 4. The Kier molecular flexibility index (Phi) is 21.7. The Morgan fingerprint density at radius 1 is 0.647 bits per heavy atom. The van der Waals surface area contributed by atoms with Crippen molar-refractivity contribution in [2.75, 3.05) is 0 Å². The van der Waals surface area contributed by atoms with Gasteiger partial charge in [0.1, 0.15) is 0 Å². The zero-order chi connectivity index (χ0) is 13.9. The first kappa shape index (κ1) is 24.9. The van der Waals surface area contributed by atoms with E-state index in [0.717, 1.165) is 0 Å². The van der Waals surface area contributed by atoms with Crippen molar-refractivity contribution < 1.29 is 85.7 Å². The van der Waals surface area contributed by atoms with E-state index in [1.165, 1.54) is 0 Å². The maximum atomic E-state index is 9.10. The molecule has 0 bridgehead atoms. The Hall–Kier alpha value is -1.18. The summed E-state index contributed by atoms with van der Waals surface area (Å²) in [6.07, 6.45) is 0. The first-order chi connectivity index (χ1) is 7.02. The third-order valence-corrected chi connectivity index (χ3v) is 0.366. The molecule has 0 aliphatic carbocycles. The molecule has 0 aromatic carbocycles. The molecule has 0 aromatic heterocycles. The summed E-state index contributed by atoms with van der Waals surface area (Å²) in [6.45, 7) is 0. The van der Waals surface area contributed by atoms with Gasteiger partial charge in [0, 0.05) is 0 Å². The first-order valence-electron chi connectivity index (χ1n) is 2.99. The summed E-state index contributed by atoms with van der Waals surface area (Å²) in [5, 5.41) is 51.1. The van der Waals surface area contributed by atoms with Crippen LogP contribution in [0.15, 0.2) is 0 Å². The molecular weight excluding hydrogens is 258 g/mol. The normalized spacial score (nSPS) is 6.76. The van der Waals surface area contributed by atoms with Gasteiger partial charge in [-0.25, -0.2) is 19.2 Å². The molecule has 0 radical (unpaired) electrons. The number of carbonyl (C=O) groups is 4. The van der Waals surface area contributed by atoms with Gasteiger partial charge in [-0.05, 0) is 0 Å². The number of hydrogen-bond acceptors (Lipinski definition) is 7. The Morgan fingerprint density at radius 2 is 0.706 bits per heavy atom. The molecule has 17 heavy (non-hydrogen) atoms. The van der Waals surface area contributed by atoms with Crippen LogP contribution in [0.5, 0.6) is 0 Å². The van der Waals surface area contributed by atoms with Gasteiger partial charge in [0.15, 0.2) is 0 Å². The van der Waals surface area contributed by atoms with Gasteiger partial charge in [-0.2, -0.15) is 0 Å². The number of hydrogen-bond donors (Lipinski definition) is 7. The molecule has 13 heteroatoms. The summed E-state index contributed by atoms with van der Waals surface area (Å²) >= 11 is 0. The van der Waals surface area contributed by atoms with E-state index in [1.807, 2.05) is 0 Å². The second kappa shape index (κ2) is 14.8. The maximum absolute atomic E-state index is 9.10. The van der Waals surface area contributed by atoms with E-state index in [0.29, 0.717) is 0 Å². The van der Waals surface area contributed by atoms with E-state index in [1.54, 1.807) is 0 Å². The van der Waals surface area contributed by atoms with Crippen molar-refractivity contribution in [1.29, 1.82) is 0 Å². The quantitative estimate of drug-likeness (QED) is 0.162. The number of rotatable bonds is 0. The summed E-state index contributed by atoms with van der Waals surface area (Å²) in [5.74, 6) is -7.30. The smallest absolute Gasteiger partial charge is 1.00 e. The topological polar surface area (TPSA) is 210 Å². The molecule has 0 saturated carbocycles. The molecule has 0 heterocycles. The summed E-state index contributed by atoms with van der Waals surface area (Å²) in [5.41, 5.74) is 0. The molecule has 0 aromatic rings. The van der Waals surface area contributed by atoms with E-state index in [2.05, 4.69) is 0 Å². The third-order valence-electron chi connectivity index (χ3n) is 0.366. The first-order valence-corrected chi connectivity index (χ1v) is 2.99. The van der Waals surface area contributed by atoms with Gasteiger partial charge in [-0.1, -0.05) is 0 Å². The zero-order valence-electron chi connectivity index (χ0n) is 9.34. The van der Waals surface area contributed by atoms with Gasteiger partial charge in [0.25, 0.3) is 0 Å². The fourth-order valence-corrected chi connectivity index (χ4v) is 0. The van der Waals surface area contributed by atoms with Crippen LogP contribution in [0.4, 0.5) is 0 Å². The maximum Gasteiger partial charge on any atom is 1.00 e.